The van der Waals surface area contributed by atoms with Crippen molar-refractivity contribution in [3.8, 4) is 0 Å². The van der Waals surface area contributed by atoms with Gasteiger partial charge in [0, 0.05) is 48.1 Å². The number of hydrogen-bond donors (Lipinski definition) is 1. The fourth-order valence-electron chi connectivity index (χ4n) is 2.84. The molecule has 0 unspecified atom stereocenters. The predicted octanol–water partition coefficient (Wildman–Crippen LogP) is 3.74. The minimum Gasteiger partial charge on any atom is -0.340 e. The first-order valence-electron chi connectivity index (χ1n) is 8.41. The van der Waals surface area contributed by atoms with Gasteiger partial charge in [0.25, 0.3) is 0 Å². The van der Waals surface area contributed by atoms with Gasteiger partial charge < -0.3 is 15.1 Å². The number of piperazine rings is 1. The molecular formula is C18H24BrN5. The van der Waals surface area contributed by atoms with Crippen LogP contribution in [0, 0.1) is 13.8 Å². The van der Waals surface area contributed by atoms with Gasteiger partial charge in [-0.05, 0) is 38.1 Å². The minimum atomic E-state index is 0.819. The van der Waals surface area contributed by atoms with Crippen molar-refractivity contribution in [3.05, 3.63) is 40.0 Å². The molecule has 1 aromatic carbocycles. The molecule has 128 valence electrons. The summed E-state index contributed by atoms with van der Waals surface area (Å²) in [7, 11) is 0. The van der Waals surface area contributed by atoms with Crippen molar-refractivity contribution in [1.29, 1.82) is 0 Å². The van der Waals surface area contributed by atoms with Crippen LogP contribution in [0.4, 0.5) is 17.5 Å². The Morgan fingerprint density at radius 2 is 1.83 bits per heavy atom. The standard InChI is InChI=1S/C18H24BrN5/c1-4-23-7-9-24(10-8-23)18-20-14(3)11-17(22-18)21-15-6-5-13(2)16(19)12-15/h5-6,11-12H,4,7-10H2,1-3H3,(H,20,21,22). The fourth-order valence-corrected chi connectivity index (χ4v) is 3.22. The van der Waals surface area contributed by atoms with Crippen LogP contribution in [-0.4, -0.2) is 47.6 Å². The Bertz CT molecular complexity index is 711. The molecule has 3 rings (SSSR count). The molecule has 0 amide bonds. The van der Waals surface area contributed by atoms with Crippen molar-refractivity contribution in [2.45, 2.75) is 20.8 Å². The van der Waals surface area contributed by atoms with E-state index >= 15 is 0 Å². The molecule has 1 aromatic heterocycles. The molecule has 24 heavy (non-hydrogen) atoms. The topological polar surface area (TPSA) is 44.3 Å². The molecule has 0 bridgehead atoms. The summed E-state index contributed by atoms with van der Waals surface area (Å²) in [4.78, 5) is 14.1. The number of hydrogen-bond acceptors (Lipinski definition) is 5. The van der Waals surface area contributed by atoms with Crippen LogP contribution in [0.15, 0.2) is 28.7 Å². The molecule has 1 saturated heterocycles. The third kappa shape index (κ3) is 4.05. The lowest BCUT2D eigenvalue weighted by atomic mass is 10.2. The summed E-state index contributed by atoms with van der Waals surface area (Å²) in [5.41, 5.74) is 3.22. The number of nitrogens with zero attached hydrogens (tertiary/aromatic N) is 4. The Labute approximate surface area is 152 Å². The first-order chi connectivity index (χ1) is 11.5. The number of aryl methyl sites for hydroxylation is 2. The minimum absolute atomic E-state index is 0.819. The van der Waals surface area contributed by atoms with Crippen LogP contribution in [-0.2, 0) is 0 Å². The van der Waals surface area contributed by atoms with Crippen molar-refractivity contribution in [2.24, 2.45) is 0 Å². The molecule has 5 nitrogen and oxygen atoms in total. The van der Waals surface area contributed by atoms with E-state index in [9.17, 15) is 0 Å². The van der Waals surface area contributed by atoms with Gasteiger partial charge in [-0.25, -0.2) is 4.98 Å². The molecule has 6 heteroatoms. The molecule has 0 spiro atoms. The number of nitrogens with one attached hydrogen (secondary N) is 1. The van der Waals surface area contributed by atoms with E-state index in [2.05, 4.69) is 68.1 Å². The highest BCUT2D eigenvalue weighted by atomic mass is 79.9. The second-order valence-corrected chi connectivity index (χ2v) is 7.06. The van der Waals surface area contributed by atoms with E-state index in [0.717, 1.165) is 60.3 Å². The van der Waals surface area contributed by atoms with Gasteiger partial charge in [0.2, 0.25) is 5.95 Å². The zero-order valence-corrected chi connectivity index (χ0v) is 16.1. The van der Waals surface area contributed by atoms with Crippen LogP contribution in [0.3, 0.4) is 0 Å². The van der Waals surface area contributed by atoms with Crippen LogP contribution < -0.4 is 10.2 Å². The lowest BCUT2D eigenvalue weighted by Gasteiger charge is -2.34. The van der Waals surface area contributed by atoms with E-state index < -0.39 is 0 Å². The summed E-state index contributed by atoms with van der Waals surface area (Å²) in [5.74, 6) is 1.66. The Morgan fingerprint density at radius 1 is 1.08 bits per heavy atom. The van der Waals surface area contributed by atoms with Crippen molar-refractivity contribution < 1.29 is 0 Å². The Kier molecular flexibility index (Phi) is 5.36. The third-order valence-electron chi connectivity index (χ3n) is 4.39. The maximum Gasteiger partial charge on any atom is 0.227 e. The van der Waals surface area contributed by atoms with E-state index in [-0.39, 0.29) is 0 Å². The van der Waals surface area contributed by atoms with Gasteiger partial charge in [0.15, 0.2) is 0 Å². The average Bonchev–Trinajstić information content (AvgIpc) is 2.58. The summed E-state index contributed by atoms with van der Waals surface area (Å²) in [6.45, 7) is 11.5. The lowest BCUT2D eigenvalue weighted by Crippen LogP contribution is -2.46. The number of benzene rings is 1. The Balaban J connectivity index is 1.77. The average molecular weight is 390 g/mol. The van der Waals surface area contributed by atoms with Crippen molar-refractivity contribution in [3.63, 3.8) is 0 Å². The van der Waals surface area contributed by atoms with E-state index in [1.807, 2.05) is 13.0 Å². The number of likely N-dealkylation sites (N-methyl/N-ethyl adjacent to an activating group) is 1. The van der Waals surface area contributed by atoms with Gasteiger partial charge in [-0.3, -0.25) is 0 Å². The maximum atomic E-state index is 4.73. The molecular weight excluding hydrogens is 366 g/mol. The lowest BCUT2D eigenvalue weighted by molar-refractivity contribution is 0.270. The SMILES string of the molecule is CCN1CCN(c2nc(C)cc(Nc3ccc(C)c(Br)c3)n2)CC1. The van der Waals surface area contributed by atoms with Crippen molar-refractivity contribution in [1.82, 2.24) is 14.9 Å². The fraction of sp³-hybridized carbons (Fsp3) is 0.444. The molecule has 1 aliphatic heterocycles. The van der Waals surface area contributed by atoms with E-state index in [4.69, 9.17) is 4.98 Å². The molecule has 0 atom stereocenters. The Hall–Kier alpha value is -1.66. The summed E-state index contributed by atoms with van der Waals surface area (Å²) < 4.78 is 1.09. The molecule has 1 fully saturated rings. The highest BCUT2D eigenvalue weighted by molar-refractivity contribution is 9.10. The van der Waals surface area contributed by atoms with Crippen LogP contribution in [0.2, 0.25) is 0 Å². The zero-order valence-electron chi connectivity index (χ0n) is 14.5. The highest BCUT2D eigenvalue weighted by Crippen LogP contribution is 2.24. The Morgan fingerprint density at radius 3 is 2.50 bits per heavy atom. The normalized spacial score (nSPS) is 15.6. The van der Waals surface area contributed by atoms with Gasteiger partial charge in [-0.1, -0.05) is 28.9 Å². The molecule has 0 radical (unpaired) electrons. The second-order valence-electron chi connectivity index (χ2n) is 6.20. The second kappa shape index (κ2) is 7.49. The first kappa shape index (κ1) is 17.2. The predicted molar refractivity (Wildman–Crippen MR) is 103 cm³/mol. The van der Waals surface area contributed by atoms with Crippen LogP contribution in [0.5, 0.6) is 0 Å². The molecule has 1 aliphatic rings. The van der Waals surface area contributed by atoms with Crippen LogP contribution in [0.25, 0.3) is 0 Å². The number of aromatic nitrogens is 2. The smallest absolute Gasteiger partial charge is 0.227 e. The van der Waals surface area contributed by atoms with Gasteiger partial charge in [0.05, 0.1) is 0 Å². The summed E-state index contributed by atoms with van der Waals surface area (Å²) in [5, 5.41) is 3.39. The van der Waals surface area contributed by atoms with Gasteiger partial charge in [-0.15, -0.1) is 0 Å². The van der Waals surface area contributed by atoms with E-state index in [1.54, 1.807) is 0 Å². The molecule has 1 N–H and O–H groups in total. The molecule has 0 saturated carbocycles. The monoisotopic (exact) mass is 389 g/mol. The van der Waals surface area contributed by atoms with Gasteiger partial charge in [-0.2, -0.15) is 4.98 Å². The number of rotatable bonds is 4. The van der Waals surface area contributed by atoms with Gasteiger partial charge in [0.1, 0.15) is 5.82 Å². The molecule has 0 aliphatic carbocycles. The highest BCUT2D eigenvalue weighted by Gasteiger charge is 2.18. The summed E-state index contributed by atoms with van der Waals surface area (Å²) >= 11 is 3.58. The maximum absolute atomic E-state index is 4.73. The molecule has 2 aromatic rings. The van der Waals surface area contributed by atoms with Crippen molar-refractivity contribution >= 4 is 33.4 Å². The van der Waals surface area contributed by atoms with E-state index in [1.165, 1.54) is 5.56 Å². The van der Waals surface area contributed by atoms with Crippen LogP contribution in [0.1, 0.15) is 18.2 Å². The number of anilines is 3. The molecule has 2 heterocycles. The number of halogens is 1. The van der Waals surface area contributed by atoms with Crippen LogP contribution >= 0.6 is 15.9 Å². The zero-order chi connectivity index (χ0) is 17.1. The van der Waals surface area contributed by atoms with Gasteiger partial charge >= 0.3 is 0 Å². The first-order valence-corrected chi connectivity index (χ1v) is 9.20. The summed E-state index contributed by atoms with van der Waals surface area (Å²) in [6, 6.07) is 8.22. The van der Waals surface area contributed by atoms with Crippen molar-refractivity contribution in [2.75, 3.05) is 42.9 Å². The third-order valence-corrected chi connectivity index (χ3v) is 5.24. The largest absolute Gasteiger partial charge is 0.340 e. The van der Waals surface area contributed by atoms with E-state index in [0.29, 0.717) is 0 Å². The quantitative estimate of drug-likeness (QED) is 0.862. The summed E-state index contributed by atoms with van der Waals surface area (Å²) in [6.07, 6.45) is 0.